The molecule has 8 nitrogen and oxygen atoms in total. The van der Waals surface area contributed by atoms with Crippen molar-refractivity contribution in [3.05, 3.63) is 89.0 Å². The fraction of sp³-hybridized carbons (Fsp3) is 0.267. The first-order chi connectivity index (χ1) is 20.6. The molecule has 2 aromatic carbocycles. The highest BCUT2D eigenvalue weighted by atomic mass is 19.4. The monoisotopic (exact) mass is 599 g/mol. The number of nitrogens with one attached hydrogen (secondary N) is 1. The number of H-pyrrole nitrogens is 1. The standard InChI is InChI=1S/C30H26F5N5O3/c1-3-14-43-17-8-9-18(20(15-17)30(33,34)35)22-10-11-24(39-38-22)27(29(41)42-4-2)40-13-12-23-25(16-40)37-28(36-23)19-6-5-7-21(31)26(19)32/h5-13,15,27H,3-4,14,16H2,1-2H3,(H,36,37). The number of halogens is 5. The second-order valence-corrected chi connectivity index (χ2v) is 9.59. The van der Waals surface area contributed by atoms with Crippen LogP contribution in [-0.4, -0.2) is 44.2 Å². The van der Waals surface area contributed by atoms with Gasteiger partial charge in [-0.25, -0.2) is 18.6 Å². The summed E-state index contributed by atoms with van der Waals surface area (Å²) in [5.74, 6) is -2.54. The molecule has 3 heterocycles. The van der Waals surface area contributed by atoms with E-state index in [1.54, 1.807) is 24.1 Å². The Bertz CT molecular complexity index is 1650. The molecule has 13 heteroatoms. The van der Waals surface area contributed by atoms with Gasteiger partial charge in [-0.15, -0.1) is 0 Å². The van der Waals surface area contributed by atoms with Crippen molar-refractivity contribution < 1.29 is 36.2 Å². The zero-order valence-corrected chi connectivity index (χ0v) is 23.1. The van der Waals surface area contributed by atoms with E-state index in [1.165, 1.54) is 36.4 Å². The number of alkyl halides is 3. The summed E-state index contributed by atoms with van der Waals surface area (Å²) in [6.07, 6.45) is -0.884. The molecule has 2 aromatic heterocycles. The number of esters is 1. The minimum atomic E-state index is -4.68. The molecule has 5 rings (SSSR count). The van der Waals surface area contributed by atoms with Gasteiger partial charge in [0.1, 0.15) is 11.6 Å². The SMILES string of the molecule is CCCOc1ccc(-c2ccc(C(C(=O)OCC)N3C=Cc4nc(-c5cccc(F)c5F)[nH]c4C3)nn2)c(C(F)(F)F)c1. The van der Waals surface area contributed by atoms with Gasteiger partial charge in [-0.05, 0) is 61.9 Å². The van der Waals surface area contributed by atoms with Gasteiger partial charge in [-0.3, -0.25) is 0 Å². The van der Waals surface area contributed by atoms with E-state index in [4.69, 9.17) is 9.47 Å². The highest BCUT2D eigenvalue weighted by Crippen LogP contribution is 2.39. The van der Waals surface area contributed by atoms with Crippen molar-refractivity contribution in [1.82, 2.24) is 25.1 Å². The van der Waals surface area contributed by atoms with Crippen molar-refractivity contribution >= 4 is 12.0 Å². The summed E-state index contributed by atoms with van der Waals surface area (Å²) in [5.41, 5.74) is -0.122. The Balaban J connectivity index is 1.45. The zero-order chi connectivity index (χ0) is 30.7. The Morgan fingerprint density at radius 2 is 1.88 bits per heavy atom. The lowest BCUT2D eigenvalue weighted by atomic mass is 10.0. The normalized spacial score (nSPS) is 13.5. The second kappa shape index (κ2) is 12.2. The van der Waals surface area contributed by atoms with Crippen molar-refractivity contribution in [2.24, 2.45) is 0 Å². The molecule has 1 aliphatic heterocycles. The van der Waals surface area contributed by atoms with Gasteiger partial charge in [0.2, 0.25) is 0 Å². The molecule has 4 aromatic rings. The van der Waals surface area contributed by atoms with Crippen LogP contribution in [0.1, 0.15) is 49.0 Å². The second-order valence-electron chi connectivity index (χ2n) is 9.59. The number of fused-ring (bicyclic) bond motifs is 1. The summed E-state index contributed by atoms with van der Waals surface area (Å²) in [4.78, 5) is 22.0. The van der Waals surface area contributed by atoms with Crippen LogP contribution in [0.15, 0.2) is 54.7 Å². The number of carbonyl (C=O) groups is 1. The van der Waals surface area contributed by atoms with Gasteiger partial charge in [0.05, 0.1) is 53.7 Å². The maximum absolute atomic E-state index is 14.4. The van der Waals surface area contributed by atoms with Crippen molar-refractivity contribution in [3.8, 4) is 28.4 Å². The predicted molar refractivity (Wildman–Crippen MR) is 146 cm³/mol. The van der Waals surface area contributed by atoms with E-state index >= 15 is 0 Å². The van der Waals surface area contributed by atoms with Crippen LogP contribution >= 0.6 is 0 Å². The Hall–Kier alpha value is -4.81. The molecular weight excluding hydrogens is 573 g/mol. The van der Waals surface area contributed by atoms with E-state index in [2.05, 4.69) is 20.2 Å². The number of imidazole rings is 1. The van der Waals surface area contributed by atoms with Crippen LogP contribution in [0.5, 0.6) is 5.75 Å². The fourth-order valence-corrected chi connectivity index (χ4v) is 4.64. The number of aromatic nitrogens is 4. The molecule has 0 spiro atoms. The van der Waals surface area contributed by atoms with Gasteiger partial charge in [-0.2, -0.15) is 23.4 Å². The number of benzene rings is 2. The average molecular weight is 600 g/mol. The maximum Gasteiger partial charge on any atom is 0.417 e. The minimum Gasteiger partial charge on any atom is -0.494 e. The van der Waals surface area contributed by atoms with Crippen molar-refractivity contribution in [1.29, 1.82) is 0 Å². The number of hydrogen-bond acceptors (Lipinski definition) is 7. The van der Waals surface area contributed by atoms with Crippen LogP contribution in [0.4, 0.5) is 22.0 Å². The molecule has 0 saturated heterocycles. The third-order valence-electron chi connectivity index (χ3n) is 6.63. The van der Waals surface area contributed by atoms with E-state index in [0.717, 1.165) is 12.1 Å². The molecule has 1 unspecified atom stereocenters. The van der Waals surface area contributed by atoms with Crippen molar-refractivity contribution in [2.75, 3.05) is 13.2 Å². The van der Waals surface area contributed by atoms with Crippen LogP contribution in [-0.2, 0) is 22.3 Å². The lowest BCUT2D eigenvalue weighted by Gasteiger charge is -2.30. The number of aromatic amines is 1. The first-order valence-corrected chi connectivity index (χ1v) is 13.4. The molecule has 43 heavy (non-hydrogen) atoms. The molecule has 0 aliphatic carbocycles. The fourth-order valence-electron chi connectivity index (χ4n) is 4.64. The summed E-state index contributed by atoms with van der Waals surface area (Å²) >= 11 is 0. The highest BCUT2D eigenvalue weighted by molar-refractivity contribution is 5.78. The van der Waals surface area contributed by atoms with E-state index in [1.807, 2.05) is 6.92 Å². The van der Waals surface area contributed by atoms with Crippen molar-refractivity contribution in [3.63, 3.8) is 0 Å². The molecule has 1 aliphatic rings. The molecule has 1 N–H and O–H groups in total. The summed E-state index contributed by atoms with van der Waals surface area (Å²) < 4.78 is 80.6. The van der Waals surface area contributed by atoms with Crippen LogP contribution in [0.3, 0.4) is 0 Å². The Labute approximate surface area is 243 Å². The predicted octanol–water partition coefficient (Wildman–Crippen LogP) is 6.71. The number of carbonyl (C=O) groups excluding carboxylic acids is 1. The summed E-state index contributed by atoms with van der Waals surface area (Å²) in [7, 11) is 0. The third-order valence-corrected chi connectivity index (χ3v) is 6.63. The first kappa shape index (κ1) is 29.7. The van der Waals surface area contributed by atoms with Crippen LogP contribution in [0, 0.1) is 11.6 Å². The quantitative estimate of drug-likeness (QED) is 0.169. The van der Waals surface area contributed by atoms with E-state index in [9.17, 15) is 26.7 Å². The smallest absolute Gasteiger partial charge is 0.417 e. The van der Waals surface area contributed by atoms with Gasteiger partial charge in [0.15, 0.2) is 17.7 Å². The van der Waals surface area contributed by atoms with Gasteiger partial charge < -0.3 is 19.4 Å². The van der Waals surface area contributed by atoms with Crippen LogP contribution in [0.2, 0.25) is 0 Å². The zero-order valence-electron chi connectivity index (χ0n) is 23.1. The summed E-state index contributed by atoms with van der Waals surface area (Å²) in [6.45, 7) is 3.90. The summed E-state index contributed by atoms with van der Waals surface area (Å²) in [5, 5.41) is 8.15. The van der Waals surface area contributed by atoms with Crippen LogP contribution in [0.25, 0.3) is 28.7 Å². The first-order valence-electron chi connectivity index (χ1n) is 13.4. The van der Waals surface area contributed by atoms with E-state index in [0.29, 0.717) is 17.8 Å². The molecule has 224 valence electrons. The number of hydrogen-bond donors (Lipinski definition) is 1. The molecule has 1 atom stereocenters. The lowest BCUT2D eigenvalue weighted by Crippen LogP contribution is -2.33. The molecule has 0 fully saturated rings. The molecule has 0 saturated carbocycles. The largest absolute Gasteiger partial charge is 0.494 e. The molecular formula is C30H26F5N5O3. The van der Waals surface area contributed by atoms with Gasteiger partial charge in [-0.1, -0.05) is 13.0 Å². The lowest BCUT2D eigenvalue weighted by molar-refractivity contribution is -0.149. The Kier molecular flexibility index (Phi) is 8.42. The minimum absolute atomic E-state index is 0.0486. The van der Waals surface area contributed by atoms with Gasteiger partial charge >= 0.3 is 12.1 Å². The molecule has 0 amide bonds. The molecule has 0 radical (unpaired) electrons. The molecule has 0 bridgehead atoms. The maximum atomic E-state index is 14.4. The Morgan fingerprint density at radius 3 is 2.58 bits per heavy atom. The highest BCUT2D eigenvalue weighted by Gasteiger charge is 2.36. The Morgan fingerprint density at radius 1 is 1.07 bits per heavy atom. The van der Waals surface area contributed by atoms with Crippen molar-refractivity contribution in [2.45, 2.75) is 39.0 Å². The number of rotatable bonds is 9. The number of nitrogens with zero attached hydrogens (tertiary/aromatic N) is 4. The van der Waals surface area contributed by atoms with Crippen LogP contribution < -0.4 is 4.74 Å². The third kappa shape index (κ3) is 6.20. The van der Waals surface area contributed by atoms with Gasteiger partial charge in [0, 0.05) is 11.8 Å². The van der Waals surface area contributed by atoms with Gasteiger partial charge in [0.25, 0.3) is 0 Å². The number of ether oxygens (including phenoxy) is 2. The summed E-state index contributed by atoms with van der Waals surface area (Å²) in [6, 6.07) is 9.03. The van der Waals surface area contributed by atoms with E-state index < -0.39 is 35.4 Å². The van der Waals surface area contributed by atoms with E-state index in [-0.39, 0.29) is 53.8 Å². The average Bonchev–Trinajstić information content (AvgIpc) is 3.41. The topological polar surface area (TPSA) is 93.2 Å².